The maximum atomic E-state index is 12.1. The second-order valence-corrected chi connectivity index (χ2v) is 6.45. The fraction of sp³-hybridized carbons (Fsp3) is 0.929. The van der Waals surface area contributed by atoms with Crippen LogP contribution < -0.4 is 0 Å². The van der Waals surface area contributed by atoms with Crippen molar-refractivity contribution in [2.45, 2.75) is 66.3 Å². The van der Waals surface area contributed by atoms with Crippen molar-refractivity contribution in [3.05, 3.63) is 0 Å². The maximum absolute atomic E-state index is 12.1. The summed E-state index contributed by atoms with van der Waals surface area (Å²) in [4.78, 5) is 14.3. The topological polar surface area (TPSA) is 20.3 Å². The highest BCUT2D eigenvalue weighted by Crippen LogP contribution is 2.32. The minimum atomic E-state index is 0.175. The molecule has 1 atom stereocenters. The van der Waals surface area contributed by atoms with Crippen molar-refractivity contribution in [1.29, 1.82) is 0 Å². The largest absolute Gasteiger partial charge is 0.339 e. The third-order valence-corrected chi connectivity index (χ3v) is 3.46. The number of nitrogens with zero attached hydrogens (tertiary/aromatic N) is 1. The molecule has 0 aromatic heterocycles. The van der Waals surface area contributed by atoms with Crippen LogP contribution in [0.4, 0.5) is 0 Å². The second-order valence-electron chi connectivity index (χ2n) is 6.45. The molecular weight excluding hydrogens is 198 g/mol. The Morgan fingerprint density at radius 1 is 1.12 bits per heavy atom. The molecule has 0 radical (unpaired) electrons. The molecule has 16 heavy (non-hydrogen) atoms. The van der Waals surface area contributed by atoms with Crippen molar-refractivity contribution >= 4 is 5.91 Å². The molecule has 1 unspecified atom stereocenters. The van der Waals surface area contributed by atoms with Crippen LogP contribution in [0.1, 0.15) is 60.3 Å². The number of likely N-dealkylation sites (tertiary alicyclic amines) is 1. The Balaban J connectivity index is 2.87. The van der Waals surface area contributed by atoms with Gasteiger partial charge in [-0.3, -0.25) is 4.79 Å². The van der Waals surface area contributed by atoms with Gasteiger partial charge in [0.15, 0.2) is 0 Å². The molecule has 2 heteroatoms. The Morgan fingerprint density at radius 3 is 2.25 bits per heavy atom. The van der Waals surface area contributed by atoms with Gasteiger partial charge in [0.2, 0.25) is 5.91 Å². The number of hydrogen-bond donors (Lipinski definition) is 0. The van der Waals surface area contributed by atoms with E-state index in [0.29, 0.717) is 17.9 Å². The number of amides is 1. The molecule has 1 heterocycles. The van der Waals surface area contributed by atoms with Gasteiger partial charge < -0.3 is 4.90 Å². The minimum Gasteiger partial charge on any atom is -0.339 e. The molecule has 1 rings (SSSR count). The van der Waals surface area contributed by atoms with Crippen LogP contribution in [0, 0.1) is 11.3 Å². The van der Waals surface area contributed by atoms with Crippen molar-refractivity contribution in [3.8, 4) is 0 Å². The van der Waals surface area contributed by atoms with Crippen LogP contribution in [0.5, 0.6) is 0 Å². The predicted octanol–water partition coefficient (Wildman–Crippen LogP) is 3.46. The Morgan fingerprint density at radius 2 is 1.75 bits per heavy atom. The van der Waals surface area contributed by atoms with Crippen LogP contribution in [0.15, 0.2) is 0 Å². The number of carbonyl (C=O) groups excluding carboxylic acids is 1. The lowest BCUT2D eigenvalue weighted by atomic mass is 9.79. The van der Waals surface area contributed by atoms with Gasteiger partial charge in [-0.15, -0.1) is 0 Å². The summed E-state index contributed by atoms with van der Waals surface area (Å²) in [6, 6.07) is 0.373. The average molecular weight is 225 g/mol. The summed E-state index contributed by atoms with van der Waals surface area (Å²) in [7, 11) is 0. The van der Waals surface area contributed by atoms with E-state index < -0.39 is 0 Å². The Labute approximate surface area is 100 Å². The van der Waals surface area contributed by atoms with Crippen molar-refractivity contribution in [2.75, 3.05) is 6.54 Å². The van der Waals surface area contributed by atoms with E-state index in [-0.39, 0.29) is 5.41 Å². The first kappa shape index (κ1) is 13.5. The molecule has 0 aliphatic carbocycles. The maximum Gasteiger partial charge on any atom is 0.222 e. The van der Waals surface area contributed by atoms with Crippen molar-refractivity contribution < 1.29 is 4.79 Å². The van der Waals surface area contributed by atoms with Gasteiger partial charge in [0.25, 0.3) is 0 Å². The summed E-state index contributed by atoms with van der Waals surface area (Å²) >= 11 is 0. The van der Waals surface area contributed by atoms with Crippen LogP contribution in [0.25, 0.3) is 0 Å². The van der Waals surface area contributed by atoms with E-state index in [0.717, 1.165) is 19.4 Å². The van der Waals surface area contributed by atoms with E-state index in [1.807, 2.05) is 0 Å². The molecule has 1 fully saturated rings. The number of hydrogen-bond acceptors (Lipinski definition) is 1. The highest BCUT2D eigenvalue weighted by Gasteiger charge is 2.35. The smallest absolute Gasteiger partial charge is 0.222 e. The zero-order valence-electron chi connectivity index (χ0n) is 11.5. The zero-order valence-corrected chi connectivity index (χ0v) is 11.5. The Hall–Kier alpha value is -0.530. The first-order chi connectivity index (χ1) is 7.34. The molecular formula is C14H27NO. The highest BCUT2D eigenvalue weighted by molar-refractivity contribution is 5.76. The molecule has 0 spiro atoms. The fourth-order valence-corrected chi connectivity index (χ4v) is 3.13. The summed E-state index contributed by atoms with van der Waals surface area (Å²) in [6.07, 6.45) is 4.20. The van der Waals surface area contributed by atoms with Gasteiger partial charge in [-0.05, 0) is 24.2 Å². The SMILES string of the molecule is CC(C)C(N1CCCCCC1=O)C(C)(C)C. The molecule has 0 aromatic rings. The Kier molecular flexibility index (Phi) is 4.40. The molecule has 0 aromatic carbocycles. The van der Waals surface area contributed by atoms with E-state index >= 15 is 0 Å². The van der Waals surface area contributed by atoms with E-state index in [9.17, 15) is 4.79 Å². The molecule has 2 nitrogen and oxygen atoms in total. The zero-order chi connectivity index (χ0) is 12.3. The van der Waals surface area contributed by atoms with Crippen molar-refractivity contribution in [3.63, 3.8) is 0 Å². The highest BCUT2D eigenvalue weighted by atomic mass is 16.2. The third kappa shape index (κ3) is 3.23. The lowest BCUT2D eigenvalue weighted by molar-refractivity contribution is -0.136. The summed E-state index contributed by atoms with van der Waals surface area (Å²) in [5, 5.41) is 0. The first-order valence-corrected chi connectivity index (χ1v) is 6.63. The summed E-state index contributed by atoms with van der Waals surface area (Å²) in [6.45, 7) is 12.2. The first-order valence-electron chi connectivity index (χ1n) is 6.63. The summed E-state index contributed by atoms with van der Waals surface area (Å²) in [5.74, 6) is 0.896. The lowest BCUT2D eigenvalue weighted by Crippen LogP contribution is -2.50. The third-order valence-electron chi connectivity index (χ3n) is 3.46. The molecule has 0 saturated carbocycles. The molecule has 0 N–H and O–H groups in total. The molecule has 0 bridgehead atoms. The molecule has 1 aliphatic heterocycles. The Bertz CT molecular complexity index is 240. The molecule has 94 valence electrons. The number of rotatable bonds is 2. The molecule has 1 amide bonds. The predicted molar refractivity (Wildman–Crippen MR) is 68.3 cm³/mol. The standard InChI is InChI=1S/C14H27NO/c1-11(2)13(14(3,4)5)15-10-8-6-7-9-12(15)16/h11,13H,6-10H2,1-5H3. The molecule has 1 saturated heterocycles. The fourth-order valence-electron chi connectivity index (χ4n) is 3.13. The summed E-state index contributed by atoms with van der Waals surface area (Å²) in [5.41, 5.74) is 0.175. The van der Waals surface area contributed by atoms with Crippen LogP contribution >= 0.6 is 0 Å². The van der Waals surface area contributed by atoms with Crippen LogP contribution in [-0.4, -0.2) is 23.4 Å². The monoisotopic (exact) mass is 225 g/mol. The van der Waals surface area contributed by atoms with Gasteiger partial charge in [-0.1, -0.05) is 41.0 Å². The van der Waals surface area contributed by atoms with Crippen molar-refractivity contribution in [1.82, 2.24) is 4.90 Å². The lowest BCUT2D eigenvalue weighted by Gasteiger charge is -2.42. The van der Waals surface area contributed by atoms with Crippen LogP contribution in [0.3, 0.4) is 0 Å². The van der Waals surface area contributed by atoms with Crippen LogP contribution in [-0.2, 0) is 4.79 Å². The van der Waals surface area contributed by atoms with Gasteiger partial charge in [0.05, 0.1) is 0 Å². The average Bonchev–Trinajstić information content (AvgIpc) is 2.29. The second kappa shape index (κ2) is 5.20. The minimum absolute atomic E-state index is 0.175. The van der Waals surface area contributed by atoms with Gasteiger partial charge in [0, 0.05) is 19.0 Å². The van der Waals surface area contributed by atoms with E-state index in [1.54, 1.807) is 0 Å². The van der Waals surface area contributed by atoms with E-state index in [2.05, 4.69) is 39.5 Å². The van der Waals surface area contributed by atoms with Gasteiger partial charge in [-0.25, -0.2) is 0 Å². The van der Waals surface area contributed by atoms with Crippen LogP contribution in [0.2, 0.25) is 0 Å². The van der Waals surface area contributed by atoms with Gasteiger partial charge >= 0.3 is 0 Å². The summed E-state index contributed by atoms with van der Waals surface area (Å²) < 4.78 is 0. The molecule has 1 aliphatic rings. The van der Waals surface area contributed by atoms with E-state index in [4.69, 9.17) is 0 Å². The van der Waals surface area contributed by atoms with Gasteiger partial charge in [-0.2, -0.15) is 0 Å². The van der Waals surface area contributed by atoms with E-state index in [1.165, 1.54) is 12.8 Å². The quantitative estimate of drug-likeness (QED) is 0.705. The number of carbonyl (C=O) groups is 1. The van der Waals surface area contributed by atoms with Crippen molar-refractivity contribution in [2.24, 2.45) is 11.3 Å². The van der Waals surface area contributed by atoms with Gasteiger partial charge in [0.1, 0.15) is 0 Å². The normalized spacial score (nSPS) is 21.1.